The van der Waals surface area contributed by atoms with Gasteiger partial charge < -0.3 is 14.6 Å². The first kappa shape index (κ1) is 20.4. The lowest BCUT2D eigenvalue weighted by molar-refractivity contribution is 0.260. The zero-order valence-electron chi connectivity index (χ0n) is 19.5. The van der Waals surface area contributed by atoms with E-state index in [4.69, 9.17) is 9.84 Å². The van der Waals surface area contributed by atoms with Crippen LogP contribution in [0, 0.1) is 6.92 Å². The quantitative estimate of drug-likeness (QED) is 0.407. The van der Waals surface area contributed by atoms with Gasteiger partial charge in [0.1, 0.15) is 22.9 Å². The van der Waals surface area contributed by atoms with Crippen molar-refractivity contribution in [1.82, 2.24) is 39.1 Å². The number of nitrogens with zero attached hydrogens (tertiary/aromatic N) is 8. The molecule has 172 valence electrons. The molecule has 5 aromatic rings. The third kappa shape index (κ3) is 3.21. The van der Waals surface area contributed by atoms with Gasteiger partial charge in [0.15, 0.2) is 5.82 Å². The van der Waals surface area contributed by atoms with E-state index in [0.717, 1.165) is 34.3 Å². The topological polar surface area (TPSA) is 100 Å². The lowest BCUT2D eigenvalue weighted by atomic mass is 10.2. The van der Waals surface area contributed by atoms with E-state index in [1.54, 1.807) is 17.1 Å². The second kappa shape index (κ2) is 7.68. The fourth-order valence-electron chi connectivity index (χ4n) is 4.37. The molecule has 6 heterocycles. The van der Waals surface area contributed by atoms with Crippen molar-refractivity contribution in [2.24, 2.45) is 14.1 Å². The van der Waals surface area contributed by atoms with Crippen molar-refractivity contribution in [3.05, 3.63) is 48.5 Å². The second-order valence-corrected chi connectivity index (χ2v) is 8.66. The van der Waals surface area contributed by atoms with E-state index in [2.05, 4.69) is 67.6 Å². The van der Waals surface area contributed by atoms with Gasteiger partial charge in [-0.2, -0.15) is 10.2 Å². The van der Waals surface area contributed by atoms with Crippen LogP contribution < -0.4 is 10.1 Å². The number of pyridine rings is 1. The summed E-state index contributed by atoms with van der Waals surface area (Å²) in [5, 5.41) is 13.7. The van der Waals surface area contributed by atoms with Crippen LogP contribution in [0.2, 0.25) is 0 Å². The van der Waals surface area contributed by atoms with E-state index in [0.29, 0.717) is 29.9 Å². The summed E-state index contributed by atoms with van der Waals surface area (Å²) >= 11 is 0. The molecule has 0 fully saturated rings. The summed E-state index contributed by atoms with van der Waals surface area (Å²) in [6, 6.07) is 8.16. The highest BCUT2D eigenvalue weighted by Crippen LogP contribution is 2.34. The van der Waals surface area contributed by atoms with Gasteiger partial charge in [-0.15, -0.1) is 0 Å². The molecule has 0 aromatic carbocycles. The Morgan fingerprint density at radius 3 is 2.79 bits per heavy atom. The number of fused-ring (bicyclic) bond motifs is 5. The van der Waals surface area contributed by atoms with Crippen molar-refractivity contribution in [2.75, 3.05) is 11.9 Å². The van der Waals surface area contributed by atoms with Gasteiger partial charge in [-0.25, -0.2) is 19.6 Å². The fraction of sp³-hybridized carbons (Fsp3) is 0.292. The summed E-state index contributed by atoms with van der Waals surface area (Å²) in [5.41, 5.74) is 4.91. The number of aryl methyl sites for hydroxylation is 2. The van der Waals surface area contributed by atoms with Crippen molar-refractivity contribution >= 4 is 22.5 Å². The van der Waals surface area contributed by atoms with Crippen LogP contribution in [0.1, 0.15) is 25.1 Å². The molecule has 0 amide bonds. The van der Waals surface area contributed by atoms with Crippen molar-refractivity contribution < 1.29 is 4.74 Å². The predicted molar refractivity (Wildman–Crippen MR) is 129 cm³/mol. The van der Waals surface area contributed by atoms with Gasteiger partial charge in [-0.05, 0) is 32.0 Å². The van der Waals surface area contributed by atoms with Crippen LogP contribution in [0.5, 0.6) is 5.88 Å². The Labute approximate surface area is 196 Å². The third-order valence-electron chi connectivity index (χ3n) is 6.44. The summed E-state index contributed by atoms with van der Waals surface area (Å²) in [7, 11) is 3.91. The minimum absolute atomic E-state index is 0.0987. The van der Waals surface area contributed by atoms with Gasteiger partial charge in [0.2, 0.25) is 5.88 Å². The monoisotopic (exact) mass is 455 g/mol. The molecule has 10 nitrogen and oxygen atoms in total. The zero-order chi connectivity index (χ0) is 23.4. The summed E-state index contributed by atoms with van der Waals surface area (Å²) < 4.78 is 12.1. The molecule has 0 spiro atoms. The Morgan fingerprint density at radius 1 is 1.09 bits per heavy atom. The molecular weight excluding hydrogens is 430 g/mol. The average molecular weight is 456 g/mol. The third-order valence-corrected chi connectivity index (χ3v) is 6.44. The van der Waals surface area contributed by atoms with Crippen LogP contribution in [0.3, 0.4) is 0 Å². The molecule has 6 rings (SSSR count). The Bertz CT molecular complexity index is 1530. The molecule has 10 heteroatoms. The van der Waals surface area contributed by atoms with E-state index >= 15 is 0 Å². The maximum Gasteiger partial charge on any atom is 0.222 e. The molecule has 0 aliphatic carbocycles. The first-order valence-electron chi connectivity index (χ1n) is 11.3. The second-order valence-electron chi connectivity index (χ2n) is 8.66. The Kier molecular flexibility index (Phi) is 4.61. The van der Waals surface area contributed by atoms with E-state index in [9.17, 15) is 0 Å². The van der Waals surface area contributed by atoms with E-state index in [1.807, 2.05) is 25.4 Å². The highest BCUT2D eigenvalue weighted by atomic mass is 16.5. The van der Waals surface area contributed by atoms with Crippen LogP contribution in [-0.2, 0) is 14.1 Å². The standard InChI is InChI=1S/C24H25N9O/c1-14-5-6-18(31(14)3)22-16-12-26-21-11-19(16)33(30-22)15(2)8-10-34-24-17(13-27-32(24)4)23-25-9-7-20(28-21)29-23/h5-7,9,11-13,15H,8,10H2,1-4H3,(H,25,26,28,29). The summed E-state index contributed by atoms with van der Waals surface area (Å²) in [6.45, 7) is 4.75. The molecule has 4 bridgehead atoms. The first-order valence-corrected chi connectivity index (χ1v) is 11.3. The number of hydrogen-bond acceptors (Lipinski definition) is 7. The Hall–Kier alpha value is -4.21. The average Bonchev–Trinajstić information content (AvgIpc) is 3.49. The molecule has 1 atom stereocenters. The molecule has 1 unspecified atom stereocenters. The highest BCUT2D eigenvalue weighted by Gasteiger charge is 2.21. The first-order chi connectivity index (χ1) is 16.5. The van der Waals surface area contributed by atoms with Crippen LogP contribution in [0.15, 0.2) is 42.9 Å². The maximum atomic E-state index is 6.18. The number of ether oxygens (including phenoxy) is 1. The van der Waals surface area contributed by atoms with Gasteiger partial charge in [0, 0.05) is 50.1 Å². The lowest BCUT2D eigenvalue weighted by Gasteiger charge is -2.16. The zero-order valence-corrected chi connectivity index (χ0v) is 19.5. The molecule has 1 aliphatic heterocycles. The predicted octanol–water partition coefficient (Wildman–Crippen LogP) is 4.02. The molecule has 0 saturated heterocycles. The van der Waals surface area contributed by atoms with Crippen LogP contribution in [-0.4, -0.2) is 45.7 Å². The van der Waals surface area contributed by atoms with Gasteiger partial charge >= 0.3 is 0 Å². The van der Waals surface area contributed by atoms with Crippen molar-refractivity contribution in [3.63, 3.8) is 0 Å². The molecule has 5 aromatic heterocycles. The summed E-state index contributed by atoms with van der Waals surface area (Å²) in [5.74, 6) is 2.52. The van der Waals surface area contributed by atoms with Gasteiger partial charge in [-0.3, -0.25) is 4.68 Å². The minimum Gasteiger partial charge on any atom is -0.477 e. The summed E-state index contributed by atoms with van der Waals surface area (Å²) in [4.78, 5) is 13.8. The Balaban J connectivity index is 1.52. The van der Waals surface area contributed by atoms with E-state index < -0.39 is 0 Å². The van der Waals surface area contributed by atoms with Gasteiger partial charge in [0.25, 0.3) is 0 Å². The number of rotatable bonds is 1. The van der Waals surface area contributed by atoms with Crippen molar-refractivity contribution in [3.8, 4) is 28.7 Å². The molecule has 0 saturated carbocycles. The minimum atomic E-state index is 0.0987. The lowest BCUT2D eigenvalue weighted by Crippen LogP contribution is -2.13. The fourth-order valence-corrected chi connectivity index (χ4v) is 4.37. The Morgan fingerprint density at radius 2 is 1.97 bits per heavy atom. The molecule has 34 heavy (non-hydrogen) atoms. The van der Waals surface area contributed by atoms with Crippen LogP contribution in [0.25, 0.3) is 33.7 Å². The van der Waals surface area contributed by atoms with Crippen molar-refractivity contribution in [1.29, 1.82) is 0 Å². The van der Waals surface area contributed by atoms with Crippen LogP contribution >= 0.6 is 0 Å². The van der Waals surface area contributed by atoms with Gasteiger partial charge in [-0.1, -0.05) is 0 Å². The largest absolute Gasteiger partial charge is 0.477 e. The molecular formula is C24H25N9O. The summed E-state index contributed by atoms with van der Waals surface area (Å²) in [6.07, 6.45) is 6.09. The van der Waals surface area contributed by atoms with Crippen LogP contribution in [0.4, 0.5) is 11.6 Å². The van der Waals surface area contributed by atoms with E-state index in [-0.39, 0.29) is 6.04 Å². The molecule has 0 radical (unpaired) electrons. The van der Waals surface area contributed by atoms with E-state index in [1.165, 1.54) is 5.69 Å². The normalized spacial score (nSPS) is 15.6. The van der Waals surface area contributed by atoms with Crippen molar-refractivity contribution in [2.45, 2.75) is 26.3 Å². The van der Waals surface area contributed by atoms with Gasteiger partial charge in [0.05, 0.1) is 30.1 Å². The number of aromatic nitrogens is 8. The maximum absolute atomic E-state index is 6.18. The molecule has 1 aliphatic rings. The SMILES string of the molecule is Cc1ccc(-c2nn3c4cc(ncc24)Nc2ccnc(n2)-c2cnn(C)c2OCCC3C)n1C. The number of hydrogen-bond donors (Lipinski definition) is 1. The number of nitrogens with one attached hydrogen (secondary N) is 1. The smallest absolute Gasteiger partial charge is 0.222 e. The number of anilines is 2. The molecule has 1 N–H and O–H groups in total. The highest BCUT2D eigenvalue weighted by molar-refractivity contribution is 5.93.